The lowest BCUT2D eigenvalue weighted by molar-refractivity contribution is -0.141. The molecule has 146 valence electrons. The van der Waals surface area contributed by atoms with Crippen molar-refractivity contribution in [2.24, 2.45) is 0 Å². The highest BCUT2D eigenvalue weighted by Gasteiger charge is 2.23. The van der Waals surface area contributed by atoms with E-state index in [9.17, 15) is 19.5 Å². The molecular weight excluding hydrogens is 364 g/mol. The van der Waals surface area contributed by atoms with Crippen LogP contribution in [0.15, 0.2) is 36.4 Å². The lowest BCUT2D eigenvalue weighted by Gasteiger charge is -2.16. The second kappa shape index (κ2) is 7.99. The van der Waals surface area contributed by atoms with Crippen molar-refractivity contribution >= 4 is 17.8 Å². The number of carboxylic acids is 1. The first-order valence-corrected chi connectivity index (χ1v) is 8.61. The fourth-order valence-electron chi connectivity index (χ4n) is 2.98. The van der Waals surface area contributed by atoms with E-state index in [0.29, 0.717) is 22.6 Å². The third-order valence-corrected chi connectivity index (χ3v) is 4.17. The summed E-state index contributed by atoms with van der Waals surface area (Å²) in [5.41, 5.74) is 2.57. The minimum atomic E-state index is -1.20. The van der Waals surface area contributed by atoms with E-state index in [2.05, 4.69) is 10.6 Å². The van der Waals surface area contributed by atoms with Gasteiger partial charge in [0, 0.05) is 5.56 Å². The number of ether oxygens (including phenoxy) is 2. The molecule has 1 aliphatic rings. The van der Waals surface area contributed by atoms with E-state index in [1.54, 1.807) is 24.3 Å². The Kier molecular flexibility index (Phi) is 5.49. The van der Waals surface area contributed by atoms with E-state index in [-0.39, 0.29) is 13.3 Å². The smallest absolute Gasteiger partial charge is 0.330 e. The van der Waals surface area contributed by atoms with Crippen LogP contribution in [-0.4, -0.2) is 36.2 Å². The maximum absolute atomic E-state index is 12.2. The molecule has 0 aliphatic carbocycles. The first kappa shape index (κ1) is 19.2. The molecule has 1 atom stereocenters. The summed E-state index contributed by atoms with van der Waals surface area (Å²) < 4.78 is 10.4. The predicted molar refractivity (Wildman–Crippen MR) is 99.3 cm³/mol. The van der Waals surface area contributed by atoms with E-state index in [1.807, 2.05) is 19.9 Å². The number of amides is 2. The van der Waals surface area contributed by atoms with Crippen molar-refractivity contribution in [1.29, 1.82) is 0 Å². The van der Waals surface area contributed by atoms with Gasteiger partial charge in [-0.2, -0.15) is 0 Å². The molecule has 0 radical (unpaired) electrons. The van der Waals surface area contributed by atoms with Crippen molar-refractivity contribution in [3.63, 3.8) is 0 Å². The summed E-state index contributed by atoms with van der Waals surface area (Å²) in [6.45, 7) is 3.44. The number of carbonyl (C=O) groups excluding carboxylic acids is 2. The van der Waals surface area contributed by atoms with E-state index in [4.69, 9.17) is 9.47 Å². The number of fused-ring (bicyclic) bond motifs is 1. The van der Waals surface area contributed by atoms with Crippen LogP contribution in [0, 0.1) is 13.8 Å². The zero-order valence-corrected chi connectivity index (χ0v) is 15.4. The molecular formula is C20H20N2O6. The van der Waals surface area contributed by atoms with Gasteiger partial charge in [-0.05, 0) is 37.6 Å². The van der Waals surface area contributed by atoms with Crippen molar-refractivity contribution in [2.75, 3.05) is 13.3 Å². The highest BCUT2D eigenvalue weighted by molar-refractivity contribution is 5.97. The molecule has 2 aromatic carbocycles. The Morgan fingerprint density at radius 3 is 2.39 bits per heavy atom. The van der Waals surface area contributed by atoms with Crippen LogP contribution in [0.1, 0.15) is 33.1 Å². The number of hydrogen-bond donors (Lipinski definition) is 3. The molecule has 28 heavy (non-hydrogen) atoms. The molecule has 3 N–H and O–H groups in total. The van der Waals surface area contributed by atoms with Crippen LogP contribution in [0.25, 0.3) is 0 Å². The van der Waals surface area contributed by atoms with E-state index >= 15 is 0 Å². The molecule has 2 amide bonds. The first-order chi connectivity index (χ1) is 13.3. The Morgan fingerprint density at radius 2 is 1.71 bits per heavy atom. The van der Waals surface area contributed by atoms with Crippen LogP contribution in [0.5, 0.6) is 11.5 Å². The van der Waals surface area contributed by atoms with E-state index < -0.39 is 23.8 Å². The third kappa shape index (κ3) is 4.40. The van der Waals surface area contributed by atoms with Crippen LogP contribution in [0.4, 0.5) is 0 Å². The molecule has 8 heteroatoms. The summed E-state index contributed by atoms with van der Waals surface area (Å²) in [5.74, 6) is -1.27. The lowest BCUT2D eigenvalue weighted by Crippen LogP contribution is -2.41. The number of aliphatic carboxylic acids is 1. The highest BCUT2D eigenvalue weighted by Crippen LogP contribution is 2.32. The Morgan fingerprint density at radius 1 is 1.04 bits per heavy atom. The van der Waals surface area contributed by atoms with Gasteiger partial charge in [-0.25, -0.2) is 4.79 Å². The largest absolute Gasteiger partial charge is 0.479 e. The standard InChI is InChI=1S/C20H20N2O6/c1-11-5-12(2)7-14(6-11)18(20(25)26)22-17(23)9-21-19(24)13-3-4-15-16(8-13)28-10-27-15/h3-8,18H,9-10H2,1-2H3,(H,21,24)(H,22,23)(H,25,26). The number of carboxylic acid groups (broad SMARTS) is 1. The van der Waals surface area contributed by atoms with Gasteiger partial charge in [0.15, 0.2) is 17.5 Å². The number of nitrogens with one attached hydrogen (secondary N) is 2. The fourth-order valence-corrected chi connectivity index (χ4v) is 2.98. The molecule has 0 saturated heterocycles. The minimum Gasteiger partial charge on any atom is -0.479 e. The molecule has 0 aromatic heterocycles. The average Bonchev–Trinajstić information content (AvgIpc) is 3.10. The van der Waals surface area contributed by atoms with Crippen molar-refractivity contribution in [2.45, 2.75) is 19.9 Å². The maximum atomic E-state index is 12.2. The summed E-state index contributed by atoms with van der Waals surface area (Å²) in [7, 11) is 0. The fraction of sp³-hybridized carbons (Fsp3) is 0.250. The Balaban J connectivity index is 1.62. The van der Waals surface area contributed by atoms with Crippen molar-refractivity contribution in [1.82, 2.24) is 10.6 Å². The lowest BCUT2D eigenvalue weighted by atomic mass is 10.0. The molecule has 0 saturated carbocycles. The maximum Gasteiger partial charge on any atom is 0.330 e. The number of benzene rings is 2. The first-order valence-electron chi connectivity index (χ1n) is 8.61. The van der Waals surface area contributed by atoms with Crippen molar-refractivity contribution in [3.05, 3.63) is 58.7 Å². The van der Waals surface area contributed by atoms with Gasteiger partial charge in [0.2, 0.25) is 12.7 Å². The number of hydrogen-bond acceptors (Lipinski definition) is 5. The Bertz CT molecular complexity index is 920. The topological polar surface area (TPSA) is 114 Å². The quantitative estimate of drug-likeness (QED) is 0.699. The van der Waals surface area contributed by atoms with Gasteiger partial charge in [0.05, 0.1) is 6.54 Å². The summed E-state index contributed by atoms with van der Waals surface area (Å²) in [6, 6.07) is 8.80. The second-order valence-corrected chi connectivity index (χ2v) is 6.51. The average molecular weight is 384 g/mol. The third-order valence-electron chi connectivity index (χ3n) is 4.17. The molecule has 2 aromatic rings. The van der Waals surface area contributed by atoms with Crippen LogP contribution in [0.2, 0.25) is 0 Å². The molecule has 8 nitrogen and oxygen atoms in total. The molecule has 1 unspecified atom stereocenters. The molecule has 1 heterocycles. The normalized spacial score (nSPS) is 12.9. The highest BCUT2D eigenvalue weighted by atomic mass is 16.7. The van der Waals surface area contributed by atoms with Crippen LogP contribution in [-0.2, 0) is 9.59 Å². The van der Waals surface area contributed by atoms with Gasteiger partial charge in [0.25, 0.3) is 5.91 Å². The van der Waals surface area contributed by atoms with Gasteiger partial charge in [-0.15, -0.1) is 0 Å². The van der Waals surface area contributed by atoms with Crippen molar-refractivity contribution in [3.8, 4) is 11.5 Å². The van der Waals surface area contributed by atoms with E-state index in [1.165, 1.54) is 6.07 Å². The van der Waals surface area contributed by atoms with Crippen molar-refractivity contribution < 1.29 is 29.0 Å². The zero-order valence-electron chi connectivity index (χ0n) is 15.4. The van der Waals surface area contributed by atoms with E-state index in [0.717, 1.165) is 11.1 Å². The Hall–Kier alpha value is -3.55. The molecule has 0 fully saturated rings. The monoisotopic (exact) mass is 384 g/mol. The molecule has 3 rings (SSSR count). The van der Waals surface area contributed by atoms with Gasteiger partial charge >= 0.3 is 5.97 Å². The number of rotatable bonds is 6. The number of carbonyl (C=O) groups is 3. The summed E-state index contributed by atoms with van der Waals surface area (Å²) in [4.78, 5) is 36.0. The summed E-state index contributed by atoms with van der Waals surface area (Å²) in [5, 5.41) is 14.4. The number of aryl methyl sites for hydroxylation is 2. The molecule has 1 aliphatic heterocycles. The zero-order chi connectivity index (χ0) is 20.3. The van der Waals surface area contributed by atoms with Gasteiger partial charge in [-0.3, -0.25) is 9.59 Å². The molecule has 0 spiro atoms. The van der Waals surface area contributed by atoms with Gasteiger partial charge < -0.3 is 25.2 Å². The SMILES string of the molecule is Cc1cc(C)cc(C(NC(=O)CNC(=O)c2ccc3c(c2)OCO3)C(=O)O)c1. The van der Waals surface area contributed by atoms with Crippen LogP contribution < -0.4 is 20.1 Å². The Labute approximate surface area is 161 Å². The van der Waals surface area contributed by atoms with Gasteiger partial charge in [-0.1, -0.05) is 29.3 Å². The van der Waals surface area contributed by atoms with Gasteiger partial charge in [0.1, 0.15) is 0 Å². The summed E-state index contributed by atoms with van der Waals surface area (Å²) >= 11 is 0. The van der Waals surface area contributed by atoms with Crippen LogP contribution >= 0.6 is 0 Å². The molecule has 0 bridgehead atoms. The predicted octanol–water partition coefficient (Wildman–Crippen LogP) is 1.70. The summed E-state index contributed by atoms with van der Waals surface area (Å²) in [6.07, 6.45) is 0. The second-order valence-electron chi connectivity index (χ2n) is 6.51. The van der Waals surface area contributed by atoms with Crippen LogP contribution in [0.3, 0.4) is 0 Å². The minimum absolute atomic E-state index is 0.0951.